The third kappa shape index (κ3) is 3.99. The molecule has 0 fully saturated rings. The van der Waals surface area contributed by atoms with Crippen molar-refractivity contribution < 1.29 is 31.1 Å². The Hall–Kier alpha value is -1.50. The molecular formula is C9H3BrF6N2O. The Kier molecular flexibility index (Phi) is 4.29. The lowest BCUT2D eigenvalue weighted by Crippen LogP contribution is -2.22. The van der Waals surface area contributed by atoms with E-state index >= 15 is 0 Å². The number of ether oxygens (including phenoxy) is 1. The second kappa shape index (κ2) is 5.24. The lowest BCUT2D eigenvalue weighted by Gasteiger charge is -2.18. The van der Waals surface area contributed by atoms with Crippen molar-refractivity contribution >= 4 is 15.9 Å². The molecule has 1 aromatic rings. The van der Waals surface area contributed by atoms with E-state index < -0.39 is 40.4 Å². The molecule has 0 spiro atoms. The molecule has 0 aromatic carbocycles. The van der Waals surface area contributed by atoms with Gasteiger partial charge in [0.05, 0.1) is 12.5 Å². The number of halogens is 7. The molecule has 10 heteroatoms. The summed E-state index contributed by atoms with van der Waals surface area (Å²) in [5.41, 5.74) is -2.31. The van der Waals surface area contributed by atoms with Crippen molar-refractivity contribution in [3.05, 3.63) is 21.9 Å². The first-order chi connectivity index (χ1) is 8.56. The van der Waals surface area contributed by atoms with E-state index in [-0.39, 0.29) is 0 Å². The quantitative estimate of drug-likeness (QED) is 0.602. The highest BCUT2D eigenvalue weighted by atomic mass is 79.9. The molecule has 0 radical (unpaired) electrons. The summed E-state index contributed by atoms with van der Waals surface area (Å²) >= 11 is 2.41. The first kappa shape index (κ1) is 15.6. The Morgan fingerprint density at radius 2 is 1.84 bits per heavy atom. The number of alkyl halides is 6. The molecule has 0 aliphatic rings. The number of nitriles is 1. The van der Waals surface area contributed by atoms with E-state index in [1.807, 2.05) is 0 Å². The zero-order valence-electron chi connectivity index (χ0n) is 8.73. The maximum atomic E-state index is 12.7. The fourth-order valence-corrected chi connectivity index (χ4v) is 1.71. The first-order valence-corrected chi connectivity index (χ1v) is 5.23. The molecule has 0 saturated carbocycles. The molecule has 0 aliphatic heterocycles. The zero-order valence-corrected chi connectivity index (χ0v) is 10.3. The zero-order chi connectivity index (χ0) is 14.8. The van der Waals surface area contributed by atoms with Gasteiger partial charge in [-0.15, -0.1) is 13.2 Å². The maximum absolute atomic E-state index is 12.7. The highest BCUT2D eigenvalue weighted by Gasteiger charge is 2.43. The van der Waals surface area contributed by atoms with Gasteiger partial charge in [0, 0.05) is 11.8 Å². The van der Waals surface area contributed by atoms with Gasteiger partial charge in [0.1, 0.15) is 15.9 Å². The van der Waals surface area contributed by atoms with Crippen LogP contribution in [0.4, 0.5) is 26.3 Å². The van der Waals surface area contributed by atoms with Crippen LogP contribution in [0.15, 0.2) is 10.8 Å². The molecule has 0 atom stereocenters. The minimum atomic E-state index is -5.31. The van der Waals surface area contributed by atoms with Gasteiger partial charge in [-0.3, -0.25) is 0 Å². The smallest absolute Gasteiger partial charge is 0.405 e. The van der Waals surface area contributed by atoms with Gasteiger partial charge in [0.2, 0.25) is 0 Å². The monoisotopic (exact) mass is 348 g/mol. The fraction of sp³-hybridized carbons (Fsp3) is 0.333. The van der Waals surface area contributed by atoms with Crippen molar-refractivity contribution in [3.8, 4) is 11.8 Å². The van der Waals surface area contributed by atoms with Crippen LogP contribution in [-0.2, 0) is 12.6 Å². The van der Waals surface area contributed by atoms with Gasteiger partial charge in [0.15, 0.2) is 0 Å². The van der Waals surface area contributed by atoms with E-state index in [9.17, 15) is 26.3 Å². The molecule has 0 saturated heterocycles. The first-order valence-electron chi connectivity index (χ1n) is 4.43. The van der Waals surface area contributed by atoms with E-state index in [2.05, 4.69) is 25.7 Å². The average Bonchev–Trinajstić information content (AvgIpc) is 2.18. The topological polar surface area (TPSA) is 45.9 Å². The summed E-state index contributed by atoms with van der Waals surface area (Å²) in [6.07, 6.45) is -10.4. The van der Waals surface area contributed by atoms with Crippen molar-refractivity contribution in [2.75, 3.05) is 0 Å². The molecule has 0 unspecified atom stereocenters. The molecule has 0 amide bonds. The number of rotatable bonds is 2. The van der Waals surface area contributed by atoms with Crippen molar-refractivity contribution in [2.45, 2.75) is 19.0 Å². The van der Waals surface area contributed by atoms with Gasteiger partial charge in [0.25, 0.3) is 0 Å². The van der Waals surface area contributed by atoms with E-state index in [4.69, 9.17) is 5.26 Å². The van der Waals surface area contributed by atoms with Crippen molar-refractivity contribution in [1.29, 1.82) is 5.26 Å². The number of pyridine rings is 1. The molecule has 0 N–H and O–H groups in total. The summed E-state index contributed by atoms with van der Waals surface area (Å²) in [7, 11) is 0. The van der Waals surface area contributed by atoms with Crippen LogP contribution in [0, 0.1) is 11.3 Å². The molecule has 1 heterocycles. The van der Waals surface area contributed by atoms with Crippen LogP contribution in [0.25, 0.3) is 0 Å². The standard InChI is InChI=1S/C9H3BrF6N2O/c10-7-5(8(11,12)13)6(19-9(14,15)16)4(1-2-17)3-18-7/h3H,1H2. The van der Waals surface area contributed by atoms with Crippen LogP contribution in [0.1, 0.15) is 11.1 Å². The second-order valence-corrected chi connectivity index (χ2v) is 3.91. The number of hydrogen-bond donors (Lipinski definition) is 0. The summed E-state index contributed by atoms with van der Waals surface area (Å²) in [4.78, 5) is 3.25. The molecule has 0 aliphatic carbocycles. The predicted octanol–water partition coefficient (Wildman–Crippen LogP) is 3.83. The predicted molar refractivity (Wildman–Crippen MR) is 52.9 cm³/mol. The molecule has 0 bridgehead atoms. The van der Waals surface area contributed by atoms with Crippen LogP contribution in [0.5, 0.6) is 5.75 Å². The van der Waals surface area contributed by atoms with E-state index in [0.717, 1.165) is 0 Å². The van der Waals surface area contributed by atoms with Gasteiger partial charge >= 0.3 is 12.5 Å². The SMILES string of the molecule is N#CCc1cnc(Br)c(C(F)(F)F)c1OC(F)(F)F. The third-order valence-corrected chi connectivity index (χ3v) is 2.43. The van der Waals surface area contributed by atoms with Gasteiger partial charge in [-0.1, -0.05) is 0 Å². The van der Waals surface area contributed by atoms with E-state index in [1.54, 1.807) is 0 Å². The van der Waals surface area contributed by atoms with Gasteiger partial charge in [-0.25, -0.2) is 4.98 Å². The lowest BCUT2D eigenvalue weighted by molar-refractivity contribution is -0.276. The molecule has 104 valence electrons. The summed E-state index contributed by atoms with van der Waals surface area (Å²) < 4.78 is 77.1. The molecule has 19 heavy (non-hydrogen) atoms. The highest BCUT2D eigenvalue weighted by Crippen LogP contribution is 2.43. The Morgan fingerprint density at radius 3 is 2.26 bits per heavy atom. The van der Waals surface area contributed by atoms with Gasteiger partial charge < -0.3 is 4.74 Å². The summed E-state index contributed by atoms with van der Waals surface area (Å²) in [5.74, 6) is -1.47. The van der Waals surface area contributed by atoms with Gasteiger partial charge in [-0.2, -0.15) is 18.4 Å². The highest BCUT2D eigenvalue weighted by molar-refractivity contribution is 9.10. The van der Waals surface area contributed by atoms with Crippen LogP contribution in [-0.4, -0.2) is 11.3 Å². The largest absolute Gasteiger partial charge is 0.573 e. The second-order valence-electron chi connectivity index (χ2n) is 3.16. The van der Waals surface area contributed by atoms with Crippen molar-refractivity contribution in [2.24, 2.45) is 0 Å². The number of hydrogen-bond acceptors (Lipinski definition) is 3. The molecular weight excluding hydrogens is 346 g/mol. The van der Waals surface area contributed by atoms with Gasteiger partial charge in [-0.05, 0) is 15.9 Å². The minimum absolute atomic E-state index is 0.602. The van der Waals surface area contributed by atoms with E-state index in [0.29, 0.717) is 6.20 Å². The third-order valence-electron chi connectivity index (χ3n) is 1.83. The normalized spacial score (nSPS) is 12.1. The summed E-state index contributed by atoms with van der Waals surface area (Å²) in [5, 5.41) is 8.40. The van der Waals surface area contributed by atoms with Crippen molar-refractivity contribution in [3.63, 3.8) is 0 Å². The Bertz CT molecular complexity index is 519. The maximum Gasteiger partial charge on any atom is 0.573 e. The van der Waals surface area contributed by atoms with Crippen LogP contribution < -0.4 is 4.74 Å². The van der Waals surface area contributed by atoms with Crippen LogP contribution >= 0.6 is 15.9 Å². The fourth-order valence-electron chi connectivity index (χ4n) is 1.20. The Balaban J connectivity index is 3.51. The number of nitrogens with zero attached hydrogens (tertiary/aromatic N) is 2. The summed E-state index contributed by atoms with van der Waals surface area (Å²) in [6, 6.07) is 1.44. The molecule has 3 nitrogen and oxygen atoms in total. The van der Waals surface area contributed by atoms with Crippen LogP contribution in [0.2, 0.25) is 0 Å². The average molecular weight is 349 g/mol. The Morgan fingerprint density at radius 1 is 1.26 bits per heavy atom. The van der Waals surface area contributed by atoms with Crippen LogP contribution in [0.3, 0.4) is 0 Å². The Labute approximate surface area is 110 Å². The lowest BCUT2D eigenvalue weighted by atomic mass is 10.1. The minimum Gasteiger partial charge on any atom is -0.405 e. The molecule has 1 aromatic heterocycles. The van der Waals surface area contributed by atoms with Crippen molar-refractivity contribution in [1.82, 2.24) is 4.98 Å². The summed E-state index contributed by atoms with van der Waals surface area (Å²) in [6.45, 7) is 0. The number of aromatic nitrogens is 1. The molecule has 1 rings (SSSR count). The van der Waals surface area contributed by atoms with E-state index in [1.165, 1.54) is 6.07 Å².